The van der Waals surface area contributed by atoms with Crippen molar-refractivity contribution in [3.05, 3.63) is 70.2 Å². The smallest absolute Gasteiger partial charge is 0.349 e. The third-order valence-electron chi connectivity index (χ3n) is 4.59. The maximum Gasteiger partial charge on any atom is 0.349 e. The van der Waals surface area contributed by atoms with Crippen LogP contribution in [-0.2, 0) is 11.2 Å². The molecule has 0 amide bonds. The van der Waals surface area contributed by atoms with E-state index in [0.717, 1.165) is 35.5 Å². The highest BCUT2D eigenvalue weighted by Crippen LogP contribution is 2.38. The van der Waals surface area contributed by atoms with Gasteiger partial charge in [-0.15, -0.1) is 0 Å². The molecule has 1 aliphatic heterocycles. The zero-order valence-corrected chi connectivity index (χ0v) is 15.9. The Hall–Kier alpha value is -2.86. The zero-order valence-electron chi connectivity index (χ0n) is 15.1. The summed E-state index contributed by atoms with van der Waals surface area (Å²) in [6.07, 6.45) is 3.37. The summed E-state index contributed by atoms with van der Waals surface area (Å²) in [4.78, 5) is 16.0. The van der Waals surface area contributed by atoms with Crippen LogP contribution in [0.4, 0.5) is 0 Å². The summed E-state index contributed by atoms with van der Waals surface area (Å²) in [5, 5.41) is 0.407. The molecule has 5 nitrogen and oxygen atoms in total. The molecule has 0 saturated heterocycles. The van der Waals surface area contributed by atoms with Gasteiger partial charge in [0.05, 0.1) is 13.3 Å². The fraction of sp³-hybridized carbons (Fsp3) is 0.238. The number of rotatable bonds is 4. The molecule has 0 radical (unpaired) electrons. The van der Waals surface area contributed by atoms with Crippen molar-refractivity contribution in [2.75, 3.05) is 7.11 Å². The van der Waals surface area contributed by atoms with Gasteiger partial charge in [-0.3, -0.25) is 0 Å². The summed E-state index contributed by atoms with van der Waals surface area (Å²) in [6.45, 7) is 2.11. The van der Waals surface area contributed by atoms with Gasteiger partial charge >= 0.3 is 5.97 Å². The lowest BCUT2D eigenvalue weighted by Gasteiger charge is -2.27. The molecule has 3 aromatic rings. The van der Waals surface area contributed by atoms with Crippen LogP contribution in [0.25, 0.3) is 0 Å². The number of aromatic nitrogens is 1. The molecule has 0 N–H and O–H groups in total. The second-order valence-electron chi connectivity index (χ2n) is 6.36. The fourth-order valence-corrected chi connectivity index (χ4v) is 3.90. The Bertz CT molecular complexity index is 982. The first-order valence-corrected chi connectivity index (χ1v) is 9.53. The van der Waals surface area contributed by atoms with Gasteiger partial charge in [-0.05, 0) is 54.7 Å². The molecular formula is C21H19NO4S. The number of benzene rings is 2. The van der Waals surface area contributed by atoms with Gasteiger partial charge in [0.2, 0.25) is 0 Å². The summed E-state index contributed by atoms with van der Waals surface area (Å²) in [5.74, 6) is 1.15. The van der Waals surface area contributed by atoms with Crippen molar-refractivity contribution < 1.29 is 19.0 Å². The maximum atomic E-state index is 11.5. The molecule has 0 aliphatic carbocycles. The first kappa shape index (κ1) is 17.5. The van der Waals surface area contributed by atoms with Gasteiger partial charge in [0, 0.05) is 0 Å². The molecule has 0 unspecified atom stereocenters. The molecule has 2 aromatic carbocycles. The van der Waals surface area contributed by atoms with Gasteiger partial charge in [-0.1, -0.05) is 35.6 Å². The Morgan fingerprint density at radius 3 is 2.93 bits per heavy atom. The lowest BCUT2D eigenvalue weighted by atomic mass is 9.95. The van der Waals surface area contributed by atoms with Crippen molar-refractivity contribution in [2.45, 2.75) is 25.9 Å². The predicted octanol–water partition coefficient (Wildman–Crippen LogP) is 5.10. The summed E-state index contributed by atoms with van der Waals surface area (Å²) >= 11 is 1.16. The molecule has 0 spiro atoms. The number of nitrogens with zero attached hydrogens (tertiary/aromatic N) is 1. The number of carbonyl (C=O) groups is 1. The summed E-state index contributed by atoms with van der Waals surface area (Å²) in [7, 11) is 1.34. The highest BCUT2D eigenvalue weighted by atomic mass is 32.1. The van der Waals surface area contributed by atoms with E-state index in [4.69, 9.17) is 9.47 Å². The molecule has 0 saturated carbocycles. The van der Waals surface area contributed by atoms with E-state index in [0.29, 0.717) is 15.8 Å². The molecule has 6 heteroatoms. The average molecular weight is 381 g/mol. The van der Waals surface area contributed by atoms with Crippen molar-refractivity contribution in [2.24, 2.45) is 0 Å². The first-order chi connectivity index (χ1) is 13.1. The minimum Gasteiger partial charge on any atom is -0.485 e. The van der Waals surface area contributed by atoms with Crippen LogP contribution in [0.1, 0.15) is 38.9 Å². The Morgan fingerprint density at radius 1 is 1.26 bits per heavy atom. The average Bonchev–Trinajstić information content (AvgIpc) is 3.16. The third-order valence-corrected chi connectivity index (χ3v) is 5.44. The van der Waals surface area contributed by atoms with Crippen LogP contribution in [0, 0.1) is 6.92 Å². The number of methoxy groups -OCH3 is 1. The topological polar surface area (TPSA) is 57.7 Å². The van der Waals surface area contributed by atoms with Crippen molar-refractivity contribution in [3.63, 3.8) is 0 Å². The predicted molar refractivity (Wildman–Crippen MR) is 103 cm³/mol. The summed E-state index contributed by atoms with van der Waals surface area (Å²) in [5.41, 5.74) is 3.60. The normalized spacial score (nSPS) is 15.6. The van der Waals surface area contributed by atoms with E-state index in [2.05, 4.69) is 34.8 Å². The van der Waals surface area contributed by atoms with E-state index in [-0.39, 0.29) is 6.10 Å². The number of hydrogen-bond acceptors (Lipinski definition) is 6. The molecule has 2 heterocycles. The van der Waals surface area contributed by atoms with Crippen LogP contribution < -0.4 is 9.47 Å². The van der Waals surface area contributed by atoms with Gasteiger partial charge in [0.25, 0.3) is 5.19 Å². The number of carbonyl (C=O) groups excluding carboxylic acids is 1. The van der Waals surface area contributed by atoms with Gasteiger partial charge in [0.15, 0.2) is 0 Å². The lowest BCUT2D eigenvalue weighted by molar-refractivity contribution is 0.0606. The van der Waals surface area contributed by atoms with Gasteiger partial charge in [0.1, 0.15) is 22.5 Å². The molecule has 27 heavy (non-hydrogen) atoms. The third kappa shape index (κ3) is 3.66. The van der Waals surface area contributed by atoms with E-state index in [1.807, 2.05) is 24.3 Å². The standard InChI is InChI=1S/C21H19NO4S/c1-13-5-3-4-6-16(13)18-9-7-14-11-15(8-10-17(14)26-18)25-21-22-12-19(27-21)20(23)24-2/h3-6,8,10-12,18H,7,9H2,1-2H3/t18-/m0/s1. The van der Waals surface area contributed by atoms with E-state index in [1.165, 1.54) is 24.4 Å². The first-order valence-electron chi connectivity index (χ1n) is 8.71. The van der Waals surface area contributed by atoms with E-state index in [9.17, 15) is 4.79 Å². The minimum atomic E-state index is -0.413. The quantitative estimate of drug-likeness (QED) is 0.589. The zero-order chi connectivity index (χ0) is 18.8. The number of hydrogen-bond donors (Lipinski definition) is 0. The highest BCUT2D eigenvalue weighted by Gasteiger charge is 2.23. The Morgan fingerprint density at radius 2 is 2.11 bits per heavy atom. The summed E-state index contributed by atoms with van der Waals surface area (Å²) < 4.78 is 16.7. The molecule has 1 aromatic heterocycles. The Balaban J connectivity index is 1.50. The molecular weight excluding hydrogens is 362 g/mol. The monoisotopic (exact) mass is 381 g/mol. The van der Waals surface area contributed by atoms with E-state index < -0.39 is 5.97 Å². The second-order valence-corrected chi connectivity index (χ2v) is 7.35. The Kier molecular flexibility index (Phi) is 4.81. The van der Waals surface area contributed by atoms with Crippen molar-refractivity contribution in [1.82, 2.24) is 4.98 Å². The van der Waals surface area contributed by atoms with Crippen LogP contribution in [-0.4, -0.2) is 18.1 Å². The molecule has 138 valence electrons. The van der Waals surface area contributed by atoms with Gasteiger partial charge in [-0.2, -0.15) is 0 Å². The van der Waals surface area contributed by atoms with E-state index >= 15 is 0 Å². The number of aryl methyl sites for hydroxylation is 2. The van der Waals surface area contributed by atoms with E-state index in [1.54, 1.807) is 0 Å². The number of esters is 1. The number of fused-ring (bicyclic) bond motifs is 1. The molecule has 4 rings (SSSR count). The van der Waals surface area contributed by atoms with Crippen molar-refractivity contribution in [1.29, 1.82) is 0 Å². The van der Waals surface area contributed by atoms with Crippen molar-refractivity contribution >= 4 is 17.3 Å². The van der Waals surface area contributed by atoms with Crippen molar-refractivity contribution in [3.8, 4) is 16.7 Å². The second kappa shape index (κ2) is 7.40. The largest absolute Gasteiger partial charge is 0.485 e. The molecule has 1 atom stereocenters. The van der Waals surface area contributed by atoms with Crippen LogP contribution in [0.2, 0.25) is 0 Å². The van der Waals surface area contributed by atoms with Gasteiger partial charge in [-0.25, -0.2) is 9.78 Å². The SMILES string of the molecule is COC(=O)c1cnc(Oc2ccc3c(c2)CC[C@@H](c2ccccc2C)O3)s1. The Labute approximate surface area is 161 Å². The number of thiazole rings is 1. The fourth-order valence-electron chi connectivity index (χ4n) is 3.20. The van der Waals surface area contributed by atoms with Crippen LogP contribution in [0.5, 0.6) is 16.7 Å². The minimum absolute atomic E-state index is 0.0760. The van der Waals surface area contributed by atoms with Crippen LogP contribution in [0.15, 0.2) is 48.7 Å². The molecule has 0 bridgehead atoms. The molecule has 1 aliphatic rings. The highest BCUT2D eigenvalue weighted by molar-refractivity contribution is 7.15. The van der Waals surface area contributed by atoms with Crippen LogP contribution >= 0.6 is 11.3 Å². The van der Waals surface area contributed by atoms with Crippen LogP contribution in [0.3, 0.4) is 0 Å². The number of ether oxygens (including phenoxy) is 3. The maximum absolute atomic E-state index is 11.5. The lowest BCUT2D eigenvalue weighted by Crippen LogP contribution is -2.16. The van der Waals surface area contributed by atoms with Gasteiger partial charge < -0.3 is 14.2 Å². The summed E-state index contributed by atoms with van der Waals surface area (Å²) in [6, 6.07) is 14.1. The molecule has 0 fully saturated rings.